The van der Waals surface area contributed by atoms with E-state index in [1.165, 1.54) is 42.6 Å². The summed E-state index contributed by atoms with van der Waals surface area (Å²) >= 11 is 0. The molecule has 0 aliphatic carbocycles. The minimum atomic E-state index is -2.82. The van der Waals surface area contributed by atoms with Crippen molar-refractivity contribution < 1.29 is 0 Å². The van der Waals surface area contributed by atoms with Crippen LogP contribution in [0.1, 0.15) is 0 Å². The highest BCUT2D eigenvalue weighted by molar-refractivity contribution is 7.19. The number of nitrogens with zero attached hydrogens (tertiary/aromatic N) is 9. The van der Waals surface area contributed by atoms with Gasteiger partial charge in [0.05, 0.1) is 33.1 Å². The first-order valence-corrected chi connectivity index (χ1v) is 33.6. The maximum Gasteiger partial charge on any atom is 0.240 e. The summed E-state index contributed by atoms with van der Waals surface area (Å²) in [5, 5.41) is 12.3. The van der Waals surface area contributed by atoms with Gasteiger partial charge in [0, 0.05) is 60.3 Å². The molecule has 0 saturated carbocycles. The van der Waals surface area contributed by atoms with Crippen molar-refractivity contribution in [2.24, 2.45) is 0 Å². The zero-order valence-corrected chi connectivity index (χ0v) is 51.9. The summed E-state index contributed by atoms with van der Waals surface area (Å²) in [6.45, 7) is 0. The molecule has 0 amide bonds. The number of benzene rings is 13. The molecule has 0 radical (unpaired) electrons. The van der Waals surface area contributed by atoms with E-state index in [-0.39, 0.29) is 0 Å². The average Bonchev–Trinajstić information content (AvgIpc) is 1.21. The van der Waals surface area contributed by atoms with E-state index in [2.05, 4.69) is 299 Å². The van der Waals surface area contributed by atoms with Gasteiger partial charge in [0.15, 0.2) is 31.4 Å². The highest BCUT2D eigenvalue weighted by atomic mass is 28.3. The van der Waals surface area contributed by atoms with Crippen molar-refractivity contribution in [3.63, 3.8) is 0 Å². The van der Waals surface area contributed by atoms with Crippen LogP contribution in [0.25, 0.3) is 129 Å². The molecule has 18 rings (SSSR count). The lowest BCUT2D eigenvalue weighted by atomic mass is 10.1. The van der Waals surface area contributed by atoms with Gasteiger partial charge in [-0.15, -0.1) is 0 Å². The minimum absolute atomic E-state index is 0.567. The van der Waals surface area contributed by atoms with Crippen LogP contribution in [0.2, 0.25) is 0 Å². The van der Waals surface area contributed by atoms with Gasteiger partial charge < -0.3 is 4.57 Å². The highest BCUT2D eigenvalue weighted by Gasteiger charge is 2.41. The Balaban J connectivity index is 0.000000157. The van der Waals surface area contributed by atoms with Gasteiger partial charge in [0.1, 0.15) is 0 Å². The second-order valence-corrected chi connectivity index (χ2v) is 27.2. The third kappa shape index (κ3) is 9.63. The van der Waals surface area contributed by atoms with E-state index in [1.807, 2.05) is 60.7 Å². The van der Waals surface area contributed by atoms with Crippen LogP contribution in [-0.4, -0.2) is 51.7 Å². The quantitative estimate of drug-likeness (QED) is 0.0946. The summed E-state index contributed by atoms with van der Waals surface area (Å²) in [5.41, 5.74) is 11.4. The normalized spacial score (nSPS) is 11.6. The van der Waals surface area contributed by atoms with Crippen molar-refractivity contribution in [2.45, 2.75) is 0 Å². The van der Waals surface area contributed by atoms with Crippen molar-refractivity contribution in [2.75, 3.05) is 0 Å². The van der Waals surface area contributed by atoms with Crippen LogP contribution >= 0.6 is 0 Å². The van der Waals surface area contributed by atoms with Gasteiger partial charge in [0.25, 0.3) is 0 Å². The van der Waals surface area contributed by atoms with Gasteiger partial charge in [-0.1, -0.05) is 297 Å². The Bertz CT molecular complexity index is 5370. The Hall–Kier alpha value is -12.5. The summed E-state index contributed by atoms with van der Waals surface area (Å²) < 4.78 is 6.69. The lowest BCUT2D eigenvalue weighted by Gasteiger charge is -2.34. The van der Waals surface area contributed by atoms with E-state index in [0.717, 1.165) is 71.6 Å². The molecule has 0 unspecified atom stereocenters. The smallest absolute Gasteiger partial charge is 0.240 e. The first-order chi connectivity index (χ1) is 46.6. The molecule has 0 spiro atoms. The molecule has 18 aromatic rings. The van der Waals surface area contributed by atoms with Crippen molar-refractivity contribution in [1.29, 1.82) is 0 Å². The molecule has 94 heavy (non-hydrogen) atoms. The zero-order chi connectivity index (χ0) is 62.4. The lowest BCUT2D eigenvalue weighted by Crippen LogP contribution is -2.74. The fourth-order valence-electron chi connectivity index (χ4n) is 13.8. The van der Waals surface area contributed by atoms with Gasteiger partial charge in [-0.2, -0.15) is 15.0 Å². The summed E-state index contributed by atoms with van der Waals surface area (Å²) in [6.07, 6.45) is 0. The van der Waals surface area contributed by atoms with Crippen molar-refractivity contribution in [3.05, 3.63) is 346 Å². The molecule has 0 saturated heterocycles. The second-order valence-electron chi connectivity index (χ2n) is 23.4. The third-order valence-corrected chi connectivity index (χ3v) is 22.8. The Kier molecular flexibility index (Phi) is 14.0. The maximum atomic E-state index is 5.40. The number of rotatable bonds is 11. The van der Waals surface area contributed by atoms with Gasteiger partial charge in [-0.05, 0) is 69.3 Å². The molecule has 0 aliphatic heterocycles. The lowest BCUT2D eigenvalue weighted by molar-refractivity contribution is 0.893. The number of hydrogen-bond donors (Lipinski definition) is 0. The maximum absolute atomic E-state index is 5.40. The van der Waals surface area contributed by atoms with Gasteiger partial charge >= 0.3 is 0 Å². The predicted octanol–water partition coefficient (Wildman–Crippen LogP) is 17.1. The topological polar surface area (TPSA) is 92.1 Å². The number of aromatic nitrogens is 9. The first-order valence-electron chi connectivity index (χ1n) is 31.6. The summed E-state index contributed by atoms with van der Waals surface area (Å²) in [5.74, 6) is 3.71. The summed E-state index contributed by atoms with van der Waals surface area (Å²) in [4.78, 5) is 30.8. The predicted molar refractivity (Wildman–Crippen MR) is 388 cm³/mol. The van der Waals surface area contributed by atoms with E-state index in [9.17, 15) is 0 Å². The second kappa shape index (κ2) is 23.7. The van der Waals surface area contributed by atoms with E-state index >= 15 is 0 Å². The number of para-hydroxylation sites is 6. The molecule has 9 nitrogen and oxygen atoms in total. The SMILES string of the molecule is c1ccc(-c2nc(-c3ccccc3)nc(-c3cccc(-n4c5ccccc5c5ccccc54)c3)n2)cc1.c1ccc([Si](c2ccccc2)(c2ccccc2)c2cccc(-c3nc(-n4c5ccccc5c5ccccc54)nc(-n4c5ccccc5c5ccccc54)n3)c2)cc1. The first kappa shape index (κ1) is 55.6. The molecule has 0 bridgehead atoms. The van der Waals surface area contributed by atoms with E-state index in [1.54, 1.807) is 0 Å². The zero-order valence-electron chi connectivity index (χ0n) is 50.9. The van der Waals surface area contributed by atoms with Crippen LogP contribution in [-0.2, 0) is 0 Å². The monoisotopic (exact) mass is 1220 g/mol. The molecule has 0 N–H and O–H groups in total. The van der Waals surface area contributed by atoms with E-state index < -0.39 is 8.07 Å². The fourth-order valence-corrected chi connectivity index (χ4v) is 18.6. The molecule has 5 heterocycles. The van der Waals surface area contributed by atoms with Crippen molar-refractivity contribution in [1.82, 2.24) is 43.6 Å². The average molecular weight is 1220 g/mol. The van der Waals surface area contributed by atoms with Crippen molar-refractivity contribution in [3.8, 4) is 63.1 Å². The molecule has 5 aromatic heterocycles. The molecule has 0 atom stereocenters. The van der Waals surface area contributed by atoms with E-state index in [0.29, 0.717) is 35.2 Å². The summed E-state index contributed by atoms with van der Waals surface area (Å²) in [7, 11) is -2.82. The van der Waals surface area contributed by atoms with Crippen LogP contribution < -0.4 is 20.7 Å². The molecule has 10 heteroatoms. The van der Waals surface area contributed by atoms with Crippen LogP contribution in [0.15, 0.2) is 346 Å². The van der Waals surface area contributed by atoms with Crippen molar-refractivity contribution >= 4 is 94.2 Å². The molecular formula is C84H57N9Si. The molecule has 0 aliphatic rings. The largest absolute Gasteiger partial charge is 0.309 e. The summed E-state index contributed by atoms with van der Waals surface area (Å²) in [6, 6.07) is 122. The highest BCUT2D eigenvalue weighted by Crippen LogP contribution is 2.37. The number of fused-ring (bicyclic) bond motifs is 9. The molecular weight excluding hydrogens is 1160 g/mol. The van der Waals surface area contributed by atoms with Crippen LogP contribution in [0.5, 0.6) is 0 Å². The third-order valence-electron chi connectivity index (χ3n) is 18.0. The van der Waals surface area contributed by atoms with Gasteiger partial charge in [-0.3, -0.25) is 9.13 Å². The molecule has 0 fully saturated rings. The molecule has 442 valence electrons. The van der Waals surface area contributed by atoms with Crippen LogP contribution in [0.4, 0.5) is 0 Å². The van der Waals surface area contributed by atoms with Crippen LogP contribution in [0.3, 0.4) is 0 Å². The Morgan fingerprint density at radius 1 is 0.191 bits per heavy atom. The minimum Gasteiger partial charge on any atom is -0.309 e. The Morgan fingerprint density at radius 3 is 0.830 bits per heavy atom. The fraction of sp³-hybridized carbons (Fsp3) is 0. The van der Waals surface area contributed by atoms with Crippen LogP contribution in [0, 0.1) is 0 Å². The standard InChI is InChI=1S/C51H35N5Si.C33H22N4/c1-4-20-37(21-5-1)57(38-22-6-2-7-23-38,39-24-8-3-9-25-39)40-26-18-19-36(35-40)49-52-50(55-45-31-14-10-27-41(45)42-28-11-15-32-46(42)55)54-51(53-49)56-47-33-16-12-29-43(47)44-30-13-17-34-48(44)56;1-3-12-23(13-4-1)31-34-32(24-14-5-2-6-15-24)36-33(35-31)25-16-11-17-26(22-25)37-29-20-9-7-18-27(29)28-19-8-10-21-30(28)37/h1-35H;1-22H. The molecule has 13 aromatic carbocycles. The Labute approximate surface area is 543 Å². The Morgan fingerprint density at radius 2 is 0.457 bits per heavy atom. The van der Waals surface area contributed by atoms with Gasteiger partial charge in [0.2, 0.25) is 11.9 Å². The van der Waals surface area contributed by atoms with E-state index in [4.69, 9.17) is 29.9 Å². The number of hydrogen-bond acceptors (Lipinski definition) is 6. The van der Waals surface area contributed by atoms with Gasteiger partial charge in [-0.25, -0.2) is 15.0 Å².